The molecule has 29 heavy (non-hydrogen) atoms. The fourth-order valence-electron chi connectivity index (χ4n) is 3.62. The number of hydrogen-bond donors (Lipinski definition) is 0. The first-order valence-corrected chi connectivity index (χ1v) is 12.3. The van der Waals surface area contributed by atoms with Crippen LogP contribution >= 0.6 is 0 Å². The van der Waals surface area contributed by atoms with Gasteiger partial charge in [-0.05, 0) is 49.7 Å². The zero-order chi connectivity index (χ0) is 23.2. The van der Waals surface area contributed by atoms with Crippen LogP contribution in [0.1, 0.15) is 148 Å². The Labute approximate surface area is 189 Å². The molecule has 0 aliphatic heterocycles. The van der Waals surface area contributed by atoms with E-state index in [0.29, 0.717) is 5.41 Å². The molecule has 0 N–H and O–H groups in total. The summed E-state index contributed by atoms with van der Waals surface area (Å²) in [5.41, 5.74) is 5.69. The van der Waals surface area contributed by atoms with Crippen molar-refractivity contribution in [1.29, 1.82) is 0 Å². The molecule has 0 amide bonds. The van der Waals surface area contributed by atoms with Crippen molar-refractivity contribution in [3.63, 3.8) is 0 Å². The largest absolute Gasteiger partial charge is 0.0955 e. The molecule has 0 saturated heterocycles. The van der Waals surface area contributed by atoms with Crippen molar-refractivity contribution in [2.75, 3.05) is 0 Å². The van der Waals surface area contributed by atoms with Crippen molar-refractivity contribution in [3.05, 3.63) is 35.5 Å². The second-order valence-electron chi connectivity index (χ2n) is 7.38. The van der Waals surface area contributed by atoms with Crippen molar-refractivity contribution in [2.24, 2.45) is 5.41 Å². The number of allylic oxidation sites excluding steroid dienone is 4. The normalized spacial score (nSPS) is 10.5. The Bertz CT molecular complexity index is 375. The van der Waals surface area contributed by atoms with Crippen LogP contribution in [-0.4, -0.2) is 0 Å². The van der Waals surface area contributed by atoms with Gasteiger partial charge < -0.3 is 0 Å². The molecule has 0 radical (unpaired) electrons. The lowest BCUT2D eigenvalue weighted by Gasteiger charge is -2.33. The predicted molar refractivity (Wildman–Crippen MR) is 144 cm³/mol. The third-order valence-corrected chi connectivity index (χ3v) is 5.26. The van der Waals surface area contributed by atoms with E-state index in [0.717, 1.165) is 6.42 Å². The summed E-state index contributed by atoms with van der Waals surface area (Å²) in [6, 6.07) is 0. The Kier molecular flexibility index (Phi) is 36.4. The second-order valence-corrected chi connectivity index (χ2v) is 7.38. The van der Waals surface area contributed by atoms with Crippen molar-refractivity contribution in [1.82, 2.24) is 0 Å². The van der Waals surface area contributed by atoms with Crippen molar-refractivity contribution >= 4 is 0 Å². The van der Waals surface area contributed by atoms with Gasteiger partial charge in [0.2, 0.25) is 0 Å². The number of rotatable bonds is 11. The van der Waals surface area contributed by atoms with Crippen LogP contribution in [0.4, 0.5) is 0 Å². The summed E-state index contributed by atoms with van der Waals surface area (Å²) in [5, 5.41) is 0. The smallest absolute Gasteiger partial charge is 0.0218 e. The lowest BCUT2D eigenvalue weighted by molar-refractivity contribution is 0.233. The van der Waals surface area contributed by atoms with Gasteiger partial charge in [-0.15, -0.1) is 0 Å². The average molecular weight is 411 g/mol. The molecule has 0 atom stereocenters. The van der Waals surface area contributed by atoms with Crippen LogP contribution in [0.25, 0.3) is 0 Å². The maximum absolute atomic E-state index is 4.22. The predicted octanol–water partition coefficient (Wildman–Crippen LogP) is 11.7. The molecule has 0 aromatic rings. The molecule has 0 aliphatic rings. The minimum absolute atomic E-state index is 0. The molecular formula is C29H62. The van der Waals surface area contributed by atoms with Gasteiger partial charge >= 0.3 is 0 Å². The first-order chi connectivity index (χ1) is 13.3. The highest BCUT2D eigenvalue weighted by molar-refractivity contribution is 5.46. The van der Waals surface area contributed by atoms with E-state index in [2.05, 4.69) is 68.5 Å². The van der Waals surface area contributed by atoms with E-state index >= 15 is 0 Å². The fourth-order valence-corrected chi connectivity index (χ4v) is 3.62. The summed E-state index contributed by atoms with van der Waals surface area (Å²) in [7, 11) is 0. The molecule has 0 rings (SSSR count). The van der Waals surface area contributed by atoms with Gasteiger partial charge in [0.15, 0.2) is 0 Å². The molecule has 0 aromatic carbocycles. The molecule has 0 unspecified atom stereocenters. The monoisotopic (exact) mass is 410 g/mol. The summed E-state index contributed by atoms with van der Waals surface area (Å²) in [5.74, 6) is 0. The summed E-state index contributed by atoms with van der Waals surface area (Å²) in [6.07, 6.45) is 11.4. The van der Waals surface area contributed by atoms with Crippen LogP contribution in [-0.2, 0) is 0 Å². The van der Waals surface area contributed by atoms with Gasteiger partial charge in [0, 0.05) is 0 Å². The van der Waals surface area contributed by atoms with Crippen LogP contribution in [0.2, 0.25) is 0 Å². The molecule has 0 nitrogen and oxygen atoms in total. The zero-order valence-electron chi connectivity index (χ0n) is 22.3. The van der Waals surface area contributed by atoms with E-state index < -0.39 is 0 Å². The molecule has 0 aliphatic carbocycles. The van der Waals surface area contributed by atoms with Crippen LogP contribution in [0, 0.1) is 5.41 Å². The van der Waals surface area contributed by atoms with E-state index in [9.17, 15) is 0 Å². The molecule has 0 bridgehead atoms. The number of unbranched alkanes of at least 4 members (excludes halogenated alkanes) is 2. The molecule has 0 saturated carbocycles. The van der Waals surface area contributed by atoms with Gasteiger partial charge in [0.1, 0.15) is 0 Å². The molecule has 0 heterocycles. The number of hydrogen-bond acceptors (Lipinski definition) is 0. The van der Waals surface area contributed by atoms with E-state index in [1.807, 2.05) is 27.7 Å². The van der Waals surface area contributed by atoms with Crippen LogP contribution in [0.5, 0.6) is 0 Å². The van der Waals surface area contributed by atoms with E-state index in [-0.39, 0.29) is 7.43 Å². The Morgan fingerprint density at radius 2 is 1.14 bits per heavy atom. The van der Waals surface area contributed by atoms with Gasteiger partial charge in [0.25, 0.3) is 0 Å². The topological polar surface area (TPSA) is 0 Å². The van der Waals surface area contributed by atoms with Gasteiger partial charge in [-0.25, -0.2) is 0 Å². The Balaban J connectivity index is -0.000000163. The summed E-state index contributed by atoms with van der Waals surface area (Å²) in [6.45, 7) is 34.3. The van der Waals surface area contributed by atoms with Crippen molar-refractivity contribution < 1.29 is 0 Å². The summed E-state index contributed by atoms with van der Waals surface area (Å²) >= 11 is 0. The van der Waals surface area contributed by atoms with Crippen molar-refractivity contribution in [3.8, 4) is 0 Å². The molecule has 0 heteroatoms. The Hall–Kier alpha value is -0.780. The van der Waals surface area contributed by atoms with Crippen LogP contribution in [0.15, 0.2) is 35.5 Å². The highest BCUT2D eigenvalue weighted by atomic mass is 14.3. The quantitative estimate of drug-likeness (QED) is 0.297. The fraction of sp³-hybridized carbons (Fsp3) is 0.793. The maximum Gasteiger partial charge on any atom is -0.0218 e. The van der Waals surface area contributed by atoms with E-state index in [1.54, 1.807) is 0 Å². The highest BCUT2D eigenvalue weighted by Gasteiger charge is 2.26. The van der Waals surface area contributed by atoms with Gasteiger partial charge in [-0.2, -0.15) is 0 Å². The van der Waals surface area contributed by atoms with Crippen LogP contribution in [0.3, 0.4) is 0 Å². The Morgan fingerprint density at radius 3 is 1.34 bits per heavy atom. The first kappa shape index (κ1) is 38.8. The lowest BCUT2D eigenvalue weighted by Crippen LogP contribution is -2.19. The summed E-state index contributed by atoms with van der Waals surface area (Å²) in [4.78, 5) is 0. The van der Waals surface area contributed by atoms with E-state index in [4.69, 9.17) is 0 Å². The zero-order valence-corrected chi connectivity index (χ0v) is 22.3. The van der Waals surface area contributed by atoms with E-state index in [1.165, 1.54) is 73.7 Å². The first-order valence-electron chi connectivity index (χ1n) is 12.3. The standard InChI is InChI=1S/C19H34.C5H12.2C2H6.CH4/c1-9-13-19(11-3,12-4)14-17(8)18(15(5)6)16(7)10-2;1-3-5-4-2;2*1-2;/h5,7,9-14H2,1-4,6,8H3;3-5H2,1-2H3;2*1-2H3;1H4/b18-17+;;;;. The third-order valence-electron chi connectivity index (χ3n) is 5.26. The Morgan fingerprint density at radius 1 is 0.724 bits per heavy atom. The SMILES string of the molecule is C.C=C(C)/C(C(=C)CC)=C(/C)CC(CC)(CC)CCC.CC.CC.CCCCC. The molecular weight excluding hydrogens is 348 g/mol. The third kappa shape index (κ3) is 19.0. The highest BCUT2D eigenvalue weighted by Crippen LogP contribution is 2.40. The minimum Gasteiger partial charge on any atom is -0.0955 e. The average Bonchev–Trinajstić information content (AvgIpc) is 2.71. The lowest BCUT2D eigenvalue weighted by atomic mass is 9.72. The van der Waals surface area contributed by atoms with Crippen molar-refractivity contribution in [2.45, 2.75) is 148 Å². The second kappa shape index (κ2) is 27.2. The summed E-state index contributed by atoms with van der Waals surface area (Å²) < 4.78 is 0. The minimum atomic E-state index is 0. The molecule has 178 valence electrons. The molecule has 0 aromatic heterocycles. The van der Waals surface area contributed by atoms with Crippen LogP contribution < -0.4 is 0 Å². The van der Waals surface area contributed by atoms with Gasteiger partial charge in [-0.1, -0.05) is 139 Å². The van der Waals surface area contributed by atoms with Gasteiger partial charge in [0.05, 0.1) is 0 Å². The molecule has 0 spiro atoms. The maximum atomic E-state index is 4.22. The molecule has 0 fully saturated rings. The van der Waals surface area contributed by atoms with Gasteiger partial charge in [-0.3, -0.25) is 0 Å².